The quantitative estimate of drug-likeness (QED) is 0.388. The highest BCUT2D eigenvalue weighted by molar-refractivity contribution is 9.10. The summed E-state index contributed by atoms with van der Waals surface area (Å²) in [5.41, 5.74) is 1.77. The molecule has 0 saturated heterocycles. The predicted octanol–water partition coefficient (Wildman–Crippen LogP) is 4.48. The summed E-state index contributed by atoms with van der Waals surface area (Å²) in [5, 5.41) is 6.09. The van der Waals surface area contributed by atoms with E-state index in [4.69, 9.17) is 0 Å². The van der Waals surface area contributed by atoms with Crippen LogP contribution in [-0.4, -0.2) is 27.4 Å². The zero-order chi connectivity index (χ0) is 21.4. The van der Waals surface area contributed by atoms with E-state index in [1.54, 1.807) is 36.4 Å². The van der Waals surface area contributed by atoms with Crippen LogP contribution in [0.1, 0.15) is 16.8 Å². The van der Waals surface area contributed by atoms with Gasteiger partial charge in [0.15, 0.2) is 0 Å². The van der Waals surface area contributed by atoms with Crippen LogP contribution in [0.5, 0.6) is 0 Å². The first-order valence-corrected chi connectivity index (χ1v) is 11.7. The standard InChI is InChI=1S/C22H22BrN3O3S/c23-18-10-12-20(13-11-18)26-30(28,29)21-9-4-6-17(16-21)22(27)25-15-5-14-24-19-7-2-1-3-8-19/h1-4,6-13,16,24,26H,5,14-15H2,(H,25,27). The minimum atomic E-state index is -3.80. The minimum Gasteiger partial charge on any atom is -0.385 e. The lowest BCUT2D eigenvalue weighted by molar-refractivity contribution is 0.0953. The van der Waals surface area contributed by atoms with Crippen molar-refractivity contribution >= 4 is 43.2 Å². The highest BCUT2D eigenvalue weighted by atomic mass is 79.9. The molecule has 0 unspecified atom stereocenters. The molecule has 0 radical (unpaired) electrons. The fourth-order valence-electron chi connectivity index (χ4n) is 2.72. The lowest BCUT2D eigenvalue weighted by atomic mass is 10.2. The molecule has 0 aliphatic rings. The van der Waals surface area contributed by atoms with Crippen LogP contribution in [0, 0.1) is 0 Å². The van der Waals surface area contributed by atoms with Crippen LogP contribution in [0.25, 0.3) is 0 Å². The first-order chi connectivity index (χ1) is 14.4. The molecule has 0 saturated carbocycles. The Kier molecular flexibility index (Phi) is 7.48. The van der Waals surface area contributed by atoms with Gasteiger partial charge in [0.25, 0.3) is 15.9 Å². The molecule has 30 heavy (non-hydrogen) atoms. The van der Waals surface area contributed by atoms with Gasteiger partial charge in [-0.1, -0.05) is 40.2 Å². The molecule has 0 heterocycles. The number of halogens is 1. The van der Waals surface area contributed by atoms with Crippen LogP contribution in [-0.2, 0) is 10.0 Å². The van der Waals surface area contributed by atoms with Gasteiger partial charge in [-0.15, -0.1) is 0 Å². The Labute approximate surface area is 184 Å². The summed E-state index contributed by atoms with van der Waals surface area (Å²) >= 11 is 3.31. The van der Waals surface area contributed by atoms with Gasteiger partial charge in [-0.25, -0.2) is 8.42 Å². The summed E-state index contributed by atoms with van der Waals surface area (Å²) in [7, 11) is -3.80. The van der Waals surface area contributed by atoms with Crippen LogP contribution in [0.3, 0.4) is 0 Å². The van der Waals surface area contributed by atoms with Crippen molar-refractivity contribution in [2.75, 3.05) is 23.1 Å². The maximum Gasteiger partial charge on any atom is 0.261 e. The van der Waals surface area contributed by atoms with E-state index < -0.39 is 10.0 Å². The summed E-state index contributed by atoms with van der Waals surface area (Å²) in [5.74, 6) is -0.310. The third-order valence-electron chi connectivity index (χ3n) is 4.24. The number of amides is 1. The van der Waals surface area contributed by atoms with Gasteiger partial charge in [-0.05, 0) is 61.0 Å². The monoisotopic (exact) mass is 487 g/mol. The second-order valence-corrected chi connectivity index (χ2v) is 9.14. The Balaban J connectivity index is 1.54. The number of hydrogen-bond donors (Lipinski definition) is 3. The zero-order valence-corrected chi connectivity index (χ0v) is 18.5. The molecule has 0 atom stereocenters. The summed E-state index contributed by atoms with van der Waals surface area (Å²) in [4.78, 5) is 12.4. The highest BCUT2D eigenvalue weighted by Crippen LogP contribution is 2.19. The minimum absolute atomic E-state index is 0.0313. The van der Waals surface area contributed by atoms with Gasteiger partial charge in [0.1, 0.15) is 0 Å². The van der Waals surface area contributed by atoms with Crippen LogP contribution < -0.4 is 15.4 Å². The lowest BCUT2D eigenvalue weighted by Gasteiger charge is -2.10. The Hall–Kier alpha value is -2.84. The van der Waals surface area contributed by atoms with Crippen molar-refractivity contribution in [1.29, 1.82) is 0 Å². The van der Waals surface area contributed by atoms with Gasteiger partial charge in [-0.3, -0.25) is 9.52 Å². The number of nitrogens with one attached hydrogen (secondary N) is 3. The zero-order valence-electron chi connectivity index (χ0n) is 16.1. The third-order valence-corrected chi connectivity index (χ3v) is 6.15. The molecule has 0 aliphatic carbocycles. The second-order valence-electron chi connectivity index (χ2n) is 6.54. The van der Waals surface area contributed by atoms with E-state index in [9.17, 15) is 13.2 Å². The van der Waals surface area contributed by atoms with Crippen molar-refractivity contribution in [3.05, 3.63) is 88.9 Å². The largest absolute Gasteiger partial charge is 0.385 e. The van der Waals surface area contributed by atoms with Crippen molar-refractivity contribution in [3.8, 4) is 0 Å². The third kappa shape index (κ3) is 6.33. The number of carbonyl (C=O) groups excluding carboxylic acids is 1. The molecule has 8 heteroatoms. The molecule has 3 aromatic rings. The average Bonchev–Trinajstić information content (AvgIpc) is 2.76. The molecule has 0 aromatic heterocycles. The fourth-order valence-corrected chi connectivity index (χ4v) is 4.09. The summed E-state index contributed by atoms with van der Waals surface area (Å²) < 4.78 is 28.6. The highest BCUT2D eigenvalue weighted by Gasteiger charge is 2.16. The molecular formula is C22H22BrN3O3S. The van der Waals surface area contributed by atoms with Gasteiger partial charge < -0.3 is 10.6 Å². The van der Waals surface area contributed by atoms with E-state index in [1.165, 1.54) is 12.1 Å². The van der Waals surface area contributed by atoms with Gasteiger partial charge in [0.05, 0.1) is 4.90 Å². The number of rotatable bonds is 9. The van der Waals surface area contributed by atoms with Crippen molar-refractivity contribution < 1.29 is 13.2 Å². The van der Waals surface area contributed by atoms with Crippen molar-refractivity contribution in [2.45, 2.75) is 11.3 Å². The van der Waals surface area contributed by atoms with E-state index in [0.717, 1.165) is 23.1 Å². The maximum absolute atomic E-state index is 12.6. The Morgan fingerprint density at radius 3 is 2.30 bits per heavy atom. The van der Waals surface area contributed by atoms with E-state index in [-0.39, 0.29) is 10.8 Å². The normalized spacial score (nSPS) is 11.0. The summed E-state index contributed by atoms with van der Waals surface area (Å²) in [6.45, 7) is 1.20. The fraction of sp³-hybridized carbons (Fsp3) is 0.136. The smallest absolute Gasteiger partial charge is 0.261 e. The number of carbonyl (C=O) groups is 1. The molecule has 156 valence electrons. The first kappa shape index (κ1) is 21.9. The van der Waals surface area contributed by atoms with Crippen LogP contribution >= 0.6 is 15.9 Å². The predicted molar refractivity (Wildman–Crippen MR) is 123 cm³/mol. The van der Waals surface area contributed by atoms with Crippen molar-refractivity contribution in [1.82, 2.24) is 5.32 Å². The molecule has 0 bridgehead atoms. The number of hydrogen-bond acceptors (Lipinski definition) is 4. The summed E-state index contributed by atoms with van der Waals surface area (Å²) in [6, 6.07) is 22.6. The van der Waals surface area contributed by atoms with E-state index in [0.29, 0.717) is 17.8 Å². The Morgan fingerprint density at radius 2 is 1.57 bits per heavy atom. The molecule has 3 N–H and O–H groups in total. The number of benzene rings is 3. The molecule has 6 nitrogen and oxygen atoms in total. The van der Waals surface area contributed by atoms with Crippen molar-refractivity contribution in [2.24, 2.45) is 0 Å². The lowest BCUT2D eigenvalue weighted by Crippen LogP contribution is -2.26. The Bertz CT molecular complexity index is 1090. The number of para-hydroxylation sites is 1. The SMILES string of the molecule is O=C(NCCCNc1ccccc1)c1cccc(S(=O)(=O)Nc2ccc(Br)cc2)c1. The van der Waals surface area contributed by atoms with Crippen LogP contribution in [0.15, 0.2) is 88.2 Å². The number of sulfonamides is 1. The molecule has 3 aromatic carbocycles. The van der Waals surface area contributed by atoms with E-state index in [1.807, 2.05) is 30.3 Å². The van der Waals surface area contributed by atoms with Gasteiger partial charge >= 0.3 is 0 Å². The molecule has 0 spiro atoms. The van der Waals surface area contributed by atoms with Gasteiger partial charge in [-0.2, -0.15) is 0 Å². The molecule has 0 fully saturated rings. The van der Waals surface area contributed by atoms with E-state index >= 15 is 0 Å². The number of anilines is 2. The second kappa shape index (κ2) is 10.3. The van der Waals surface area contributed by atoms with Crippen LogP contribution in [0.2, 0.25) is 0 Å². The molecule has 3 rings (SSSR count). The van der Waals surface area contributed by atoms with Gasteiger partial charge in [0.2, 0.25) is 0 Å². The first-order valence-electron chi connectivity index (χ1n) is 9.40. The van der Waals surface area contributed by atoms with Gasteiger partial charge in [0, 0.05) is 34.5 Å². The Morgan fingerprint density at radius 1 is 0.833 bits per heavy atom. The maximum atomic E-state index is 12.6. The average molecular weight is 488 g/mol. The molecular weight excluding hydrogens is 466 g/mol. The molecule has 1 amide bonds. The molecule has 0 aliphatic heterocycles. The topological polar surface area (TPSA) is 87.3 Å². The van der Waals surface area contributed by atoms with Crippen LogP contribution in [0.4, 0.5) is 11.4 Å². The van der Waals surface area contributed by atoms with E-state index in [2.05, 4.69) is 31.3 Å². The summed E-state index contributed by atoms with van der Waals surface area (Å²) in [6.07, 6.45) is 0.740. The van der Waals surface area contributed by atoms with Crippen molar-refractivity contribution in [3.63, 3.8) is 0 Å².